The zero-order valence-electron chi connectivity index (χ0n) is 4.65. The van der Waals surface area contributed by atoms with Gasteiger partial charge in [0.15, 0.2) is 0 Å². The molecule has 42 valence electrons. The smallest absolute Gasteiger partial charge is 0.00262 e. The fourth-order valence-corrected chi connectivity index (χ4v) is 2.27. The Labute approximate surface area is 58.8 Å². The molecule has 0 spiro atoms. The SMILES string of the molecule is CC1CCC1CI. The van der Waals surface area contributed by atoms with E-state index in [1.807, 2.05) is 0 Å². The first-order chi connectivity index (χ1) is 3.34. The fourth-order valence-electron chi connectivity index (χ4n) is 0.965. The molecule has 0 aromatic heterocycles. The number of hydrogen-bond donors (Lipinski definition) is 0. The minimum Gasteiger partial charge on any atom is -0.0861 e. The summed E-state index contributed by atoms with van der Waals surface area (Å²) >= 11 is 2.48. The molecular formula is C6H11I. The number of rotatable bonds is 1. The predicted octanol–water partition coefficient (Wildman–Crippen LogP) is 2.47. The summed E-state index contributed by atoms with van der Waals surface area (Å²) in [5, 5.41) is 0. The van der Waals surface area contributed by atoms with Gasteiger partial charge in [0, 0.05) is 4.43 Å². The van der Waals surface area contributed by atoms with Crippen molar-refractivity contribution in [1.82, 2.24) is 0 Å². The van der Waals surface area contributed by atoms with Crippen LogP contribution in [0.1, 0.15) is 19.8 Å². The van der Waals surface area contributed by atoms with E-state index in [2.05, 4.69) is 29.5 Å². The lowest BCUT2D eigenvalue weighted by molar-refractivity contribution is 0.228. The van der Waals surface area contributed by atoms with E-state index in [1.165, 1.54) is 17.3 Å². The lowest BCUT2D eigenvalue weighted by Crippen LogP contribution is -2.23. The van der Waals surface area contributed by atoms with Gasteiger partial charge in [-0.3, -0.25) is 0 Å². The molecule has 1 rings (SSSR count). The summed E-state index contributed by atoms with van der Waals surface area (Å²) in [6.07, 6.45) is 2.97. The Hall–Kier alpha value is 0.730. The van der Waals surface area contributed by atoms with E-state index >= 15 is 0 Å². The molecule has 1 aliphatic carbocycles. The quantitative estimate of drug-likeness (QED) is 0.460. The molecule has 0 radical (unpaired) electrons. The lowest BCUT2D eigenvalue weighted by atomic mass is 9.76. The topological polar surface area (TPSA) is 0 Å². The van der Waals surface area contributed by atoms with Crippen LogP contribution >= 0.6 is 22.6 Å². The van der Waals surface area contributed by atoms with Crippen LogP contribution in [-0.2, 0) is 0 Å². The second-order valence-electron chi connectivity index (χ2n) is 2.47. The van der Waals surface area contributed by atoms with Crippen molar-refractivity contribution in [2.75, 3.05) is 4.43 Å². The third-order valence-electron chi connectivity index (χ3n) is 2.00. The maximum atomic E-state index is 2.48. The van der Waals surface area contributed by atoms with Gasteiger partial charge in [0.2, 0.25) is 0 Å². The molecule has 0 aliphatic heterocycles. The van der Waals surface area contributed by atoms with Crippen LogP contribution in [0.25, 0.3) is 0 Å². The fraction of sp³-hybridized carbons (Fsp3) is 1.00. The van der Waals surface area contributed by atoms with Crippen LogP contribution < -0.4 is 0 Å². The molecule has 0 saturated heterocycles. The van der Waals surface area contributed by atoms with Gasteiger partial charge in [0.1, 0.15) is 0 Å². The first kappa shape index (κ1) is 5.86. The van der Waals surface area contributed by atoms with Crippen molar-refractivity contribution in [3.05, 3.63) is 0 Å². The molecule has 0 heterocycles. The average molecular weight is 210 g/mol. The monoisotopic (exact) mass is 210 g/mol. The van der Waals surface area contributed by atoms with Crippen molar-refractivity contribution in [1.29, 1.82) is 0 Å². The minimum atomic E-state index is 1.04. The Balaban J connectivity index is 2.16. The van der Waals surface area contributed by atoms with E-state index < -0.39 is 0 Å². The Bertz CT molecular complexity index is 59.2. The van der Waals surface area contributed by atoms with Gasteiger partial charge in [0.25, 0.3) is 0 Å². The van der Waals surface area contributed by atoms with E-state index in [0.29, 0.717) is 0 Å². The largest absolute Gasteiger partial charge is 0.0861 e. The average Bonchev–Trinajstić information content (AvgIpc) is 1.65. The predicted molar refractivity (Wildman–Crippen MR) is 40.8 cm³/mol. The van der Waals surface area contributed by atoms with Crippen LogP contribution in [0.4, 0.5) is 0 Å². The van der Waals surface area contributed by atoms with E-state index in [0.717, 1.165) is 11.8 Å². The van der Waals surface area contributed by atoms with Crippen molar-refractivity contribution in [3.8, 4) is 0 Å². The van der Waals surface area contributed by atoms with Crippen LogP contribution in [0.3, 0.4) is 0 Å². The Morgan fingerprint density at radius 1 is 1.57 bits per heavy atom. The summed E-state index contributed by atoms with van der Waals surface area (Å²) in [7, 11) is 0. The van der Waals surface area contributed by atoms with Gasteiger partial charge in [-0.1, -0.05) is 35.9 Å². The van der Waals surface area contributed by atoms with E-state index in [4.69, 9.17) is 0 Å². The summed E-state index contributed by atoms with van der Waals surface area (Å²) in [4.78, 5) is 0. The third kappa shape index (κ3) is 1.09. The van der Waals surface area contributed by atoms with Crippen molar-refractivity contribution in [2.24, 2.45) is 11.8 Å². The lowest BCUT2D eigenvalue weighted by Gasteiger charge is -2.31. The highest BCUT2D eigenvalue weighted by atomic mass is 127. The second-order valence-corrected chi connectivity index (χ2v) is 3.35. The normalized spacial score (nSPS) is 40.3. The highest BCUT2D eigenvalue weighted by Gasteiger charge is 2.24. The molecule has 7 heavy (non-hydrogen) atoms. The molecule has 0 aromatic carbocycles. The van der Waals surface area contributed by atoms with Crippen molar-refractivity contribution in [2.45, 2.75) is 19.8 Å². The standard InChI is InChI=1S/C6H11I/c1-5-2-3-6(5)4-7/h5-6H,2-4H2,1H3. The van der Waals surface area contributed by atoms with Crippen LogP contribution in [0.15, 0.2) is 0 Å². The Morgan fingerprint density at radius 2 is 2.29 bits per heavy atom. The molecule has 0 bridgehead atoms. The minimum absolute atomic E-state index is 1.04. The van der Waals surface area contributed by atoms with Crippen molar-refractivity contribution < 1.29 is 0 Å². The number of halogens is 1. The highest BCUT2D eigenvalue weighted by molar-refractivity contribution is 14.1. The molecule has 1 aliphatic rings. The van der Waals surface area contributed by atoms with E-state index in [-0.39, 0.29) is 0 Å². The van der Waals surface area contributed by atoms with Gasteiger partial charge < -0.3 is 0 Å². The molecule has 0 amide bonds. The first-order valence-electron chi connectivity index (χ1n) is 2.90. The zero-order chi connectivity index (χ0) is 5.28. The molecule has 0 aromatic rings. The maximum Gasteiger partial charge on any atom is 0.00262 e. The summed E-state index contributed by atoms with van der Waals surface area (Å²) in [5.41, 5.74) is 0. The van der Waals surface area contributed by atoms with Crippen LogP contribution in [-0.4, -0.2) is 4.43 Å². The van der Waals surface area contributed by atoms with Gasteiger partial charge in [-0.05, 0) is 18.3 Å². The number of alkyl halides is 1. The van der Waals surface area contributed by atoms with Gasteiger partial charge >= 0.3 is 0 Å². The maximum absolute atomic E-state index is 2.48. The molecule has 1 heteroatoms. The van der Waals surface area contributed by atoms with Crippen LogP contribution in [0.2, 0.25) is 0 Å². The molecule has 2 atom stereocenters. The summed E-state index contributed by atoms with van der Waals surface area (Å²) in [6.45, 7) is 2.35. The van der Waals surface area contributed by atoms with E-state index in [9.17, 15) is 0 Å². The highest BCUT2D eigenvalue weighted by Crippen LogP contribution is 2.34. The molecule has 1 fully saturated rings. The Kier molecular flexibility index (Phi) is 1.95. The summed E-state index contributed by atoms with van der Waals surface area (Å²) < 4.78 is 1.37. The van der Waals surface area contributed by atoms with Crippen molar-refractivity contribution in [3.63, 3.8) is 0 Å². The van der Waals surface area contributed by atoms with Crippen LogP contribution in [0.5, 0.6) is 0 Å². The van der Waals surface area contributed by atoms with Gasteiger partial charge in [-0.2, -0.15) is 0 Å². The van der Waals surface area contributed by atoms with E-state index in [1.54, 1.807) is 0 Å². The number of hydrogen-bond acceptors (Lipinski definition) is 0. The van der Waals surface area contributed by atoms with Crippen molar-refractivity contribution >= 4 is 22.6 Å². The molecule has 1 saturated carbocycles. The Morgan fingerprint density at radius 3 is 2.29 bits per heavy atom. The van der Waals surface area contributed by atoms with Gasteiger partial charge in [-0.15, -0.1) is 0 Å². The summed E-state index contributed by atoms with van der Waals surface area (Å²) in [5.74, 6) is 2.11. The van der Waals surface area contributed by atoms with Gasteiger partial charge in [-0.25, -0.2) is 0 Å². The van der Waals surface area contributed by atoms with Crippen LogP contribution in [0, 0.1) is 11.8 Å². The molecule has 0 nitrogen and oxygen atoms in total. The summed E-state index contributed by atoms with van der Waals surface area (Å²) in [6, 6.07) is 0. The molecule has 0 N–H and O–H groups in total. The van der Waals surface area contributed by atoms with Gasteiger partial charge in [0.05, 0.1) is 0 Å². The second kappa shape index (κ2) is 2.33. The zero-order valence-corrected chi connectivity index (χ0v) is 6.81. The molecule has 2 unspecified atom stereocenters. The first-order valence-corrected chi connectivity index (χ1v) is 4.43. The molecular weight excluding hydrogens is 199 g/mol. The third-order valence-corrected chi connectivity index (χ3v) is 3.13.